The molecule has 0 unspecified atom stereocenters. The van der Waals surface area contributed by atoms with Crippen LogP contribution in [0, 0.1) is 0 Å². The van der Waals surface area contributed by atoms with E-state index in [1.165, 1.54) is 0 Å². The van der Waals surface area contributed by atoms with Crippen LogP contribution in [0.3, 0.4) is 0 Å². The number of hydrogen-bond acceptors (Lipinski definition) is 3. The molecule has 1 fully saturated rings. The fraction of sp³-hybridized carbons (Fsp3) is 0.316. The highest BCUT2D eigenvalue weighted by molar-refractivity contribution is 8.00. The van der Waals surface area contributed by atoms with Gasteiger partial charge in [-0.25, -0.2) is 0 Å². The molecule has 0 aromatic heterocycles. The molecule has 3 nitrogen and oxygen atoms in total. The van der Waals surface area contributed by atoms with Crippen molar-refractivity contribution in [3.63, 3.8) is 0 Å². The van der Waals surface area contributed by atoms with Gasteiger partial charge in [0.05, 0.1) is 13.2 Å². The maximum Gasteiger partial charge on any atom is 0.239 e. The van der Waals surface area contributed by atoms with Gasteiger partial charge < -0.3 is 9.64 Å². The SMILES string of the molecule is COc1ccc([C@H]2[C@H](Sc3ccccc3)C(=O)N2C(C)C)cc1. The molecule has 0 aliphatic carbocycles. The summed E-state index contributed by atoms with van der Waals surface area (Å²) in [5.74, 6) is 1.05. The Bertz CT molecular complexity index is 670. The first kappa shape index (κ1) is 15.9. The zero-order valence-electron chi connectivity index (χ0n) is 13.6. The summed E-state index contributed by atoms with van der Waals surface area (Å²) in [7, 11) is 1.66. The summed E-state index contributed by atoms with van der Waals surface area (Å²) < 4.78 is 5.23. The van der Waals surface area contributed by atoms with Gasteiger partial charge in [0, 0.05) is 10.9 Å². The smallest absolute Gasteiger partial charge is 0.239 e. The molecule has 1 heterocycles. The Morgan fingerprint density at radius 2 is 1.70 bits per heavy atom. The van der Waals surface area contributed by atoms with Crippen LogP contribution < -0.4 is 4.74 Å². The minimum atomic E-state index is -0.0619. The summed E-state index contributed by atoms with van der Waals surface area (Å²) in [6.07, 6.45) is 0. The average Bonchev–Trinajstić information content (AvgIpc) is 2.58. The highest BCUT2D eigenvalue weighted by Gasteiger charge is 2.49. The molecule has 3 rings (SSSR count). The Morgan fingerprint density at radius 1 is 1.04 bits per heavy atom. The number of benzene rings is 2. The summed E-state index contributed by atoms with van der Waals surface area (Å²) in [5.41, 5.74) is 1.16. The van der Waals surface area contributed by atoms with E-state index in [1.54, 1.807) is 18.9 Å². The van der Waals surface area contributed by atoms with E-state index >= 15 is 0 Å². The number of β-lactam (4-membered cyclic amide) rings is 1. The third-order valence-electron chi connectivity index (χ3n) is 4.10. The second kappa shape index (κ2) is 6.67. The van der Waals surface area contributed by atoms with E-state index in [2.05, 4.69) is 38.1 Å². The highest BCUT2D eigenvalue weighted by atomic mass is 32.2. The van der Waals surface area contributed by atoms with Gasteiger partial charge in [0.15, 0.2) is 0 Å². The van der Waals surface area contributed by atoms with Gasteiger partial charge in [-0.15, -0.1) is 11.8 Å². The van der Waals surface area contributed by atoms with Gasteiger partial charge in [-0.05, 0) is 43.7 Å². The topological polar surface area (TPSA) is 29.5 Å². The molecular formula is C19H21NO2S. The van der Waals surface area contributed by atoms with Crippen LogP contribution in [0.25, 0.3) is 0 Å². The van der Waals surface area contributed by atoms with Crippen LogP contribution in [0.4, 0.5) is 0 Å². The number of carbonyl (C=O) groups is 1. The molecule has 0 bridgehead atoms. The second-order valence-electron chi connectivity index (χ2n) is 5.91. The van der Waals surface area contributed by atoms with Crippen molar-refractivity contribution in [1.29, 1.82) is 0 Å². The third kappa shape index (κ3) is 3.08. The van der Waals surface area contributed by atoms with Crippen molar-refractivity contribution in [2.45, 2.75) is 36.1 Å². The van der Waals surface area contributed by atoms with Crippen molar-refractivity contribution < 1.29 is 9.53 Å². The van der Waals surface area contributed by atoms with Crippen LogP contribution in [0.1, 0.15) is 25.5 Å². The largest absolute Gasteiger partial charge is 0.497 e. The van der Waals surface area contributed by atoms with Crippen molar-refractivity contribution in [2.75, 3.05) is 7.11 Å². The number of likely N-dealkylation sites (tertiary alicyclic amines) is 1. The van der Waals surface area contributed by atoms with Gasteiger partial charge in [0.1, 0.15) is 11.0 Å². The lowest BCUT2D eigenvalue weighted by Gasteiger charge is -2.49. The fourth-order valence-electron chi connectivity index (χ4n) is 2.96. The molecule has 1 amide bonds. The number of amides is 1. The number of methoxy groups -OCH3 is 1. The molecule has 2 aromatic rings. The Balaban J connectivity index is 1.86. The van der Waals surface area contributed by atoms with Crippen molar-refractivity contribution >= 4 is 17.7 Å². The number of thioether (sulfide) groups is 1. The van der Waals surface area contributed by atoms with E-state index in [9.17, 15) is 4.79 Å². The van der Waals surface area contributed by atoms with Crippen molar-refractivity contribution in [2.24, 2.45) is 0 Å². The lowest BCUT2D eigenvalue weighted by molar-refractivity contribution is -0.147. The van der Waals surface area contributed by atoms with Gasteiger partial charge in [-0.2, -0.15) is 0 Å². The zero-order valence-corrected chi connectivity index (χ0v) is 14.4. The van der Waals surface area contributed by atoms with E-state index in [4.69, 9.17) is 4.74 Å². The standard InChI is InChI=1S/C19H21NO2S/c1-13(2)20-17(14-9-11-15(22-3)12-10-14)18(19(20)21)23-16-7-5-4-6-8-16/h4-13,17-18H,1-3H3/t17-,18-/m0/s1. The molecule has 2 aromatic carbocycles. The van der Waals surface area contributed by atoms with Gasteiger partial charge in [-0.1, -0.05) is 30.3 Å². The molecule has 1 aliphatic rings. The Morgan fingerprint density at radius 3 is 2.26 bits per heavy atom. The number of hydrogen-bond donors (Lipinski definition) is 0. The molecule has 0 radical (unpaired) electrons. The van der Waals surface area contributed by atoms with E-state index < -0.39 is 0 Å². The monoisotopic (exact) mass is 327 g/mol. The minimum absolute atomic E-state index is 0.0619. The molecule has 120 valence electrons. The second-order valence-corrected chi connectivity index (χ2v) is 7.12. The van der Waals surface area contributed by atoms with E-state index in [1.807, 2.05) is 35.2 Å². The van der Waals surface area contributed by atoms with Gasteiger partial charge in [0.25, 0.3) is 0 Å². The summed E-state index contributed by atoms with van der Waals surface area (Å²) in [5, 5.41) is -0.0619. The number of nitrogens with zero attached hydrogens (tertiary/aromatic N) is 1. The van der Waals surface area contributed by atoms with Crippen molar-refractivity contribution in [3.05, 3.63) is 60.2 Å². The lowest BCUT2D eigenvalue weighted by atomic mass is 9.91. The molecule has 1 aliphatic heterocycles. The number of carbonyl (C=O) groups excluding carboxylic acids is 1. The minimum Gasteiger partial charge on any atom is -0.497 e. The first-order valence-corrected chi connectivity index (χ1v) is 8.67. The number of ether oxygens (including phenoxy) is 1. The van der Waals surface area contributed by atoms with Crippen LogP contribution in [-0.2, 0) is 4.79 Å². The van der Waals surface area contributed by atoms with E-state index in [0.29, 0.717) is 0 Å². The van der Waals surface area contributed by atoms with Crippen molar-refractivity contribution in [1.82, 2.24) is 4.90 Å². The first-order chi connectivity index (χ1) is 11.1. The van der Waals surface area contributed by atoms with E-state index in [-0.39, 0.29) is 23.2 Å². The summed E-state index contributed by atoms with van der Waals surface area (Å²) in [6.45, 7) is 4.13. The Kier molecular flexibility index (Phi) is 4.62. The molecular weight excluding hydrogens is 306 g/mol. The molecule has 0 spiro atoms. The first-order valence-electron chi connectivity index (χ1n) is 7.79. The summed E-state index contributed by atoms with van der Waals surface area (Å²) in [4.78, 5) is 15.7. The fourth-order valence-corrected chi connectivity index (χ4v) is 4.20. The van der Waals surface area contributed by atoms with Crippen LogP contribution in [0.2, 0.25) is 0 Å². The Labute approximate surface area is 141 Å². The maximum atomic E-state index is 12.6. The van der Waals surface area contributed by atoms with Crippen LogP contribution in [-0.4, -0.2) is 29.2 Å². The van der Waals surface area contributed by atoms with Gasteiger partial charge >= 0.3 is 0 Å². The zero-order chi connectivity index (χ0) is 16.4. The van der Waals surface area contributed by atoms with Crippen LogP contribution in [0.5, 0.6) is 5.75 Å². The molecule has 1 saturated heterocycles. The summed E-state index contributed by atoms with van der Waals surface area (Å²) >= 11 is 1.65. The molecule has 0 saturated carbocycles. The molecule has 23 heavy (non-hydrogen) atoms. The third-order valence-corrected chi connectivity index (χ3v) is 5.36. The molecule has 0 N–H and O–H groups in total. The van der Waals surface area contributed by atoms with Crippen molar-refractivity contribution in [3.8, 4) is 5.75 Å². The summed E-state index contributed by atoms with van der Waals surface area (Å²) in [6, 6.07) is 18.5. The van der Waals surface area contributed by atoms with Gasteiger partial charge in [-0.3, -0.25) is 4.79 Å². The predicted octanol–water partition coefficient (Wildman–Crippen LogP) is 4.15. The lowest BCUT2D eigenvalue weighted by Crippen LogP contribution is -2.59. The quantitative estimate of drug-likeness (QED) is 0.773. The van der Waals surface area contributed by atoms with Crippen LogP contribution in [0.15, 0.2) is 59.5 Å². The Hall–Kier alpha value is -1.94. The predicted molar refractivity (Wildman–Crippen MR) is 93.8 cm³/mol. The molecule has 4 heteroatoms. The van der Waals surface area contributed by atoms with E-state index in [0.717, 1.165) is 16.2 Å². The van der Waals surface area contributed by atoms with Gasteiger partial charge in [0.2, 0.25) is 5.91 Å². The number of rotatable bonds is 5. The normalized spacial score (nSPS) is 20.5. The van der Waals surface area contributed by atoms with Crippen LogP contribution >= 0.6 is 11.8 Å². The average molecular weight is 327 g/mol. The highest BCUT2D eigenvalue weighted by Crippen LogP contribution is 2.46. The maximum absolute atomic E-state index is 12.6. The molecule has 2 atom stereocenters.